The summed E-state index contributed by atoms with van der Waals surface area (Å²) in [5, 5.41) is 9.28. The number of hydrogen-bond donors (Lipinski definition) is 4. The van der Waals surface area contributed by atoms with E-state index in [4.69, 9.17) is 21.9 Å². The van der Waals surface area contributed by atoms with E-state index < -0.39 is 5.97 Å². The maximum atomic E-state index is 11.3. The average Bonchev–Trinajstić information content (AvgIpc) is 2.53. The Kier molecular flexibility index (Phi) is 5.00. The number of carboxylic acid groups (broad SMARTS) is 1. The molecule has 0 aliphatic carbocycles. The summed E-state index contributed by atoms with van der Waals surface area (Å²) in [6, 6.07) is 12.0. The van der Waals surface area contributed by atoms with Crippen LogP contribution in [0.3, 0.4) is 0 Å². The van der Waals surface area contributed by atoms with Gasteiger partial charge in [0.1, 0.15) is 5.75 Å². The first-order chi connectivity index (χ1) is 11.4. The van der Waals surface area contributed by atoms with Crippen LogP contribution in [0.5, 0.6) is 5.75 Å². The number of ether oxygens (including phenoxy) is 1. The van der Waals surface area contributed by atoms with Crippen LogP contribution in [-0.2, 0) is 0 Å². The molecule has 0 amide bonds. The fourth-order valence-corrected chi connectivity index (χ4v) is 2.05. The van der Waals surface area contributed by atoms with Gasteiger partial charge >= 0.3 is 5.97 Å². The molecule has 0 saturated carbocycles. The summed E-state index contributed by atoms with van der Waals surface area (Å²) in [5.74, 6) is -0.910. The summed E-state index contributed by atoms with van der Waals surface area (Å²) in [7, 11) is 1.58. The number of guanidine groups is 2. The Morgan fingerprint density at radius 2 is 1.67 bits per heavy atom. The first kappa shape index (κ1) is 16.8. The predicted molar refractivity (Wildman–Crippen MR) is 92.5 cm³/mol. The molecular weight excluding hydrogens is 310 g/mol. The van der Waals surface area contributed by atoms with Crippen LogP contribution in [0.15, 0.2) is 52.4 Å². The molecule has 124 valence electrons. The van der Waals surface area contributed by atoms with E-state index in [0.29, 0.717) is 0 Å². The van der Waals surface area contributed by atoms with Crippen LogP contribution in [-0.4, -0.2) is 30.1 Å². The Balaban J connectivity index is 2.51. The molecule has 0 aliphatic heterocycles. The molecule has 0 bridgehead atoms. The van der Waals surface area contributed by atoms with E-state index >= 15 is 0 Å². The lowest BCUT2D eigenvalue weighted by molar-refractivity contribution is 0.0698. The number of carboxylic acids is 1. The summed E-state index contributed by atoms with van der Waals surface area (Å²) in [6.07, 6.45) is 0. The maximum Gasteiger partial charge on any atom is 0.337 e. The van der Waals surface area contributed by atoms with Crippen molar-refractivity contribution in [3.8, 4) is 16.9 Å². The van der Waals surface area contributed by atoms with Gasteiger partial charge in [-0.15, -0.1) is 0 Å². The van der Waals surface area contributed by atoms with Crippen molar-refractivity contribution in [1.82, 2.24) is 0 Å². The van der Waals surface area contributed by atoms with E-state index in [0.717, 1.165) is 16.9 Å². The highest BCUT2D eigenvalue weighted by molar-refractivity contribution is 5.98. The molecular formula is C16H17N5O3. The molecule has 0 unspecified atom stereocenters. The van der Waals surface area contributed by atoms with Crippen LogP contribution >= 0.6 is 0 Å². The number of aromatic carboxylic acids is 1. The lowest BCUT2D eigenvalue weighted by Gasteiger charge is -2.07. The van der Waals surface area contributed by atoms with Crippen molar-refractivity contribution in [2.24, 2.45) is 27.2 Å². The minimum atomic E-state index is -1.13. The Morgan fingerprint density at radius 1 is 1.04 bits per heavy atom. The number of carbonyl (C=O) groups is 1. The average molecular weight is 327 g/mol. The molecule has 0 heterocycles. The van der Waals surface area contributed by atoms with E-state index in [9.17, 15) is 9.90 Å². The topological polar surface area (TPSA) is 149 Å². The van der Waals surface area contributed by atoms with E-state index in [1.807, 2.05) is 12.1 Å². The molecule has 0 saturated heterocycles. The molecule has 0 fully saturated rings. The highest BCUT2D eigenvalue weighted by Crippen LogP contribution is 2.29. The van der Waals surface area contributed by atoms with Gasteiger partial charge in [-0.3, -0.25) is 0 Å². The quantitative estimate of drug-likeness (QED) is 0.491. The van der Waals surface area contributed by atoms with Gasteiger partial charge in [0.2, 0.25) is 5.96 Å². The van der Waals surface area contributed by atoms with Gasteiger partial charge in [-0.1, -0.05) is 18.2 Å². The van der Waals surface area contributed by atoms with E-state index in [1.165, 1.54) is 6.07 Å². The van der Waals surface area contributed by atoms with Gasteiger partial charge in [0.15, 0.2) is 5.96 Å². The van der Waals surface area contributed by atoms with Gasteiger partial charge in [0.25, 0.3) is 0 Å². The lowest BCUT2D eigenvalue weighted by atomic mass is 10.0. The minimum absolute atomic E-state index is 0.0130. The van der Waals surface area contributed by atoms with Crippen molar-refractivity contribution >= 4 is 23.6 Å². The van der Waals surface area contributed by atoms with Gasteiger partial charge < -0.3 is 27.0 Å². The van der Waals surface area contributed by atoms with Crippen LogP contribution in [0, 0.1) is 0 Å². The summed E-state index contributed by atoms with van der Waals surface area (Å²) < 4.78 is 5.11. The van der Waals surface area contributed by atoms with E-state index in [-0.39, 0.29) is 23.2 Å². The fourth-order valence-electron chi connectivity index (χ4n) is 2.05. The molecule has 0 aliphatic rings. The number of nitrogens with two attached hydrogens (primary N) is 3. The van der Waals surface area contributed by atoms with Crippen molar-refractivity contribution in [2.75, 3.05) is 7.11 Å². The third-order valence-electron chi connectivity index (χ3n) is 3.13. The van der Waals surface area contributed by atoms with Gasteiger partial charge in [0.05, 0.1) is 18.4 Å². The van der Waals surface area contributed by atoms with Crippen LogP contribution in [0.2, 0.25) is 0 Å². The molecule has 24 heavy (non-hydrogen) atoms. The Hall–Kier alpha value is -3.55. The van der Waals surface area contributed by atoms with Crippen LogP contribution in [0.25, 0.3) is 11.1 Å². The number of rotatable bonds is 4. The number of hydrogen-bond acceptors (Lipinski definition) is 3. The minimum Gasteiger partial charge on any atom is -0.497 e. The number of benzene rings is 2. The van der Waals surface area contributed by atoms with Crippen molar-refractivity contribution in [1.29, 1.82) is 0 Å². The first-order valence-corrected chi connectivity index (χ1v) is 6.86. The SMILES string of the molecule is COc1ccc(-c2ccc(C(=O)O)c(N=C(N)N=C(N)N)c2)cc1. The standard InChI is InChI=1S/C16H17N5O3/c1-24-11-5-2-9(3-6-11)10-4-7-12(14(22)23)13(8-10)20-16(19)21-15(17)18/h2-8H,1H3,(H,22,23)(H6,17,18,19,20,21). The molecule has 8 nitrogen and oxygen atoms in total. The molecule has 2 rings (SSSR count). The monoisotopic (exact) mass is 327 g/mol. The Morgan fingerprint density at radius 3 is 2.21 bits per heavy atom. The van der Waals surface area contributed by atoms with Crippen molar-refractivity contribution in [3.63, 3.8) is 0 Å². The largest absolute Gasteiger partial charge is 0.497 e. The van der Waals surface area contributed by atoms with Gasteiger partial charge in [-0.05, 0) is 35.4 Å². The summed E-state index contributed by atoms with van der Waals surface area (Å²) in [6.45, 7) is 0. The lowest BCUT2D eigenvalue weighted by Crippen LogP contribution is -2.26. The van der Waals surface area contributed by atoms with Gasteiger partial charge in [-0.25, -0.2) is 9.79 Å². The molecule has 0 radical (unpaired) electrons. The normalized spacial score (nSPS) is 11.0. The smallest absolute Gasteiger partial charge is 0.337 e. The van der Waals surface area contributed by atoms with Crippen molar-refractivity contribution < 1.29 is 14.6 Å². The highest BCUT2D eigenvalue weighted by atomic mass is 16.5. The zero-order valence-corrected chi connectivity index (χ0v) is 12.9. The second kappa shape index (κ2) is 7.14. The van der Waals surface area contributed by atoms with Gasteiger partial charge in [0, 0.05) is 0 Å². The molecule has 0 atom stereocenters. The first-order valence-electron chi connectivity index (χ1n) is 6.86. The maximum absolute atomic E-state index is 11.3. The van der Waals surface area contributed by atoms with E-state index in [2.05, 4.69) is 9.98 Å². The molecule has 2 aromatic rings. The number of nitrogens with zero attached hydrogens (tertiary/aromatic N) is 2. The van der Waals surface area contributed by atoms with Crippen LogP contribution < -0.4 is 21.9 Å². The summed E-state index contributed by atoms with van der Waals surface area (Å²) >= 11 is 0. The number of aliphatic imine (C=N–C) groups is 2. The molecule has 2 aromatic carbocycles. The molecule has 0 spiro atoms. The third-order valence-corrected chi connectivity index (χ3v) is 3.13. The third kappa shape index (κ3) is 4.01. The van der Waals surface area contributed by atoms with Gasteiger partial charge in [-0.2, -0.15) is 4.99 Å². The second-order valence-corrected chi connectivity index (χ2v) is 4.77. The van der Waals surface area contributed by atoms with E-state index in [1.54, 1.807) is 31.4 Å². The number of methoxy groups -OCH3 is 1. The zero-order chi connectivity index (χ0) is 17.7. The fraction of sp³-hybridized carbons (Fsp3) is 0.0625. The van der Waals surface area contributed by atoms with Crippen molar-refractivity contribution in [3.05, 3.63) is 48.0 Å². The molecule has 8 heteroatoms. The summed E-state index contributed by atoms with van der Waals surface area (Å²) in [4.78, 5) is 18.9. The zero-order valence-electron chi connectivity index (χ0n) is 12.9. The molecule has 0 aromatic heterocycles. The summed E-state index contributed by atoms with van der Waals surface area (Å²) in [5.41, 5.74) is 17.8. The van der Waals surface area contributed by atoms with Crippen LogP contribution in [0.1, 0.15) is 10.4 Å². The van der Waals surface area contributed by atoms with Crippen LogP contribution in [0.4, 0.5) is 5.69 Å². The predicted octanol–water partition coefficient (Wildman–Crippen LogP) is 1.28. The van der Waals surface area contributed by atoms with Crippen molar-refractivity contribution in [2.45, 2.75) is 0 Å². The molecule has 7 N–H and O–H groups in total. The Bertz CT molecular complexity index is 809. The Labute approximate surface area is 138 Å². The second-order valence-electron chi connectivity index (χ2n) is 4.77. The highest BCUT2D eigenvalue weighted by Gasteiger charge is 2.12.